The number of imidazole rings is 1. The number of carbonyl (C=O) groups is 2. The Balaban J connectivity index is 1.19. The van der Waals surface area contributed by atoms with Crippen molar-refractivity contribution in [2.45, 2.75) is 106 Å². The van der Waals surface area contributed by atoms with Gasteiger partial charge in [-0.25, -0.2) is 43.4 Å². The first-order valence-electron chi connectivity index (χ1n) is 20.3. The molecule has 0 aliphatic carbocycles. The topological polar surface area (TPSA) is 424 Å². The van der Waals surface area contributed by atoms with Crippen LogP contribution in [0.25, 0.3) is 11.2 Å². The number of phosphoric ester groups is 2. The molecule has 0 aromatic carbocycles. The summed E-state index contributed by atoms with van der Waals surface area (Å²) >= 11 is 0.933. The first-order valence-corrected chi connectivity index (χ1v) is 24.1. The second kappa shape index (κ2) is 22.0. The van der Waals surface area contributed by atoms with Gasteiger partial charge in [-0.3, -0.25) is 37.5 Å². The largest absolute Gasteiger partial charge is 0.472 e. The highest BCUT2D eigenvalue weighted by Gasteiger charge is 2.50. The number of pyridine rings is 1. The van der Waals surface area contributed by atoms with E-state index in [1.54, 1.807) is 20.8 Å². The van der Waals surface area contributed by atoms with E-state index in [1.807, 2.05) is 0 Å². The second-order valence-corrected chi connectivity index (χ2v) is 19.4. The SMILES string of the molecule is CC(C)(C)OC(=O)NC(CCCCNSc1ncccc1[N+](=O)[O-])C(=O)O[C@H]1[C@@H](O)[C@H](n2cnc3c(N)ncnc32)O[C@H]1COP(=O)(O)O[C@H]1C[C@H](n2ccc(N)nc2=O)O[C@@H]1COP(=O)(O)O. The fraction of sp³-hybridized carbons (Fsp3) is 0.543. The minimum atomic E-state index is -5.28. The molecule has 9 atom stereocenters. The molecule has 6 heterocycles. The number of alkyl carbamates (subject to hydrolysis) is 1. The quantitative estimate of drug-likeness (QED) is 0.0144. The minimum absolute atomic E-state index is 0.0227. The van der Waals surface area contributed by atoms with E-state index in [0.29, 0.717) is 6.42 Å². The van der Waals surface area contributed by atoms with Crippen LogP contribution in [-0.2, 0) is 46.4 Å². The summed E-state index contributed by atoms with van der Waals surface area (Å²) < 4.78 is 68.6. The molecular formula is C35H48N12O18P2S. The average molecular weight is 1020 g/mol. The van der Waals surface area contributed by atoms with Gasteiger partial charge in [-0.15, -0.1) is 0 Å². The number of aliphatic hydroxyl groups is 1. The fourth-order valence-corrected chi connectivity index (χ4v) is 8.83. The van der Waals surface area contributed by atoms with Crippen LogP contribution in [0.1, 0.15) is 58.9 Å². The van der Waals surface area contributed by atoms with Crippen molar-refractivity contribution in [3.05, 3.63) is 63.8 Å². The molecule has 2 fully saturated rings. The number of hydrogen-bond donors (Lipinski definition) is 8. The van der Waals surface area contributed by atoms with E-state index in [9.17, 15) is 53.4 Å². The van der Waals surface area contributed by atoms with Crippen LogP contribution < -0.4 is 27.2 Å². The Morgan fingerprint density at radius 2 is 1.81 bits per heavy atom. The molecular weight excluding hydrogens is 970 g/mol. The number of nitro groups is 1. The molecule has 33 heteroatoms. The number of nitrogens with two attached hydrogens (primary N) is 2. The lowest BCUT2D eigenvalue weighted by Gasteiger charge is -2.26. The molecule has 1 amide bonds. The summed E-state index contributed by atoms with van der Waals surface area (Å²) in [5, 5.41) is 25.7. The van der Waals surface area contributed by atoms with E-state index in [4.69, 9.17) is 39.5 Å². The molecule has 2 aliphatic heterocycles. The van der Waals surface area contributed by atoms with Crippen molar-refractivity contribution in [2.24, 2.45) is 0 Å². The van der Waals surface area contributed by atoms with Crippen molar-refractivity contribution in [3.8, 4) is 0 Å². The van der Waals surface area contributed by atoms with E-state index in [2.05, 4.69) is 39.5 Å². The lowest BCUT2D eigenvalue weighted by atomic mass is 10.1. The van der Waals surface area contributed by atoms with Gasteiger partial charge >= 0.3 is 39.1 Å². The Bertz CT molecular complexity index is 2600. The van der Waals surface area contributed by atoms with Crippen LogP contribution in [-0.4, -0.2) is 133 Å². The molecule has 2 saturated heterocycles. The number of nitrogens with one attached hydrogen (secondary N) is 2. The third-order valence-electron chi connectivity index (χ3n) is 9.76. The number of phosphoric acid groups is 2. The molecule has 30 nitrogen and oxygen atoms in total. The molecule has 0 radical (unpaired) electrons. The van der Waals surface area contributed by atoms with Gasteiger partial charge in [0.1, 0.15) is 59.9 Å². The fourth-order valence-electron chi connectivity index (χ4n) is 6.78. The van der Waals surface area contributed by atoms with Crippen LogP contribution in [0.3, 0.4) is 0 Å². The molecule has 68 heavy (non-hydrogen) atoms. The number of ether oxygens (including phenoxy) is 4. The highest BCUT2D eigenvalue weighted by Crippen LogP contribution is 2.50. The number of rotatable bonds is 21. The standard InChI is InChI=1S/C35H48N12O18P2S/c1-35(2,3)64-34(51)43-18(7-4-5-11-42-68-30-19(47(52)53)8-6-10-38-30)32(49)63-27-22(62-31(26(27)48)46-17-41-25-28(37)39-16-40-29(25)46)15-60-67(57,58)65-20-13-24(45-12-9-23(36)44-33(45)50)61-21(20)14-59-66(54,55)56/h6,8-10,12,16-18,20-22,24,26-27,31,42,48H,4-5,7,11,13-15H2,1-3H3,(H,43,51)(H,57,58)(H2,36,44,50)(H2,37,39,40)(H2,54,55,56)/t18?,20-,21+,22-,24+,26+,27+,31+/m0/s1. The highest BCUT2D eigenvalue weighted by molar-refractivity contribution is 7.97. The Morgan fingerprint density at radius 3 is 2.51 bits per heavy atom. The molecule has 0 spiro atoms. The average Bonchev–Trinajstić information content (AvgIpc) is 3.94. The zero-order valence-electron chi connectivity index (χ0n) is 36.1. The third kappa shape index (κ3) is 13.9. The summed E-state index contributed by atoms with van der Waals surface area (Å²) in [7, 11) is -10.4. The number of hydrogen-bond acceptors (Lipinski definition) is 24. The van der Waals surface area contributed by atoms with Gasteiger partial charge in [0.2, 0.25) is 0 Å². The van der Waals surface area contributed by atoms with Crippen LogP contribution in [0.15, 0.2) is 53.1 Å². The Hall–Kier alpha value is -5.27. The lowest BCUT2D eigenvalue weighted by molar-refractivity contribution is -0.388. The van der Waals surface area contributed by atoms with Crippen LogP contribution in [0.5, 0.6) is 0 Å². The molecule has 2 unspecified atom stereocenters. The van der Waals surface area contributed by atoms with Crippen molar-refractivity contribution < 1.29 is 75.9 Å². The van der Waals surface area contributed by atoms with Gasteiger partial charge < -0.3 is 55.5 Å². The second-order valence-electron chi connectivity index (χ2n) is 15.9. The van der Waals surface area contributed by atoms with E-state index in [1.165, 1.54) is 41.5 Å². The number of aliphatic hydroxyl groups excluding tert-OH is 1. The predicted octanol–water partition coefficient (Wildman–Crippen LogP) is 0.980. The number of carbonyl (C=O) groups excluding carboxylic acids is 2. The molecule has 2 aliphatic rings. The number of nitrogens with zero attached hydrogens (tertiary/aromatic N) is 8. The van der Waals surface area contributed by atoms with Gasteiger partial charge in [0.15, 0.2) is 28.8 Å². The molecule has 6 rings (SSSR count). The molecule has 4 aromatic heterocycles. The van der Waals surface area contributed by atoms with Crippen molar-refractivity contribution in [3.63, 3.8) is 0 Å². The summed E-state index contributed by atoms with van der Waals surface area (Å²) in [5.74, 6) is -1.24. The van der Waals surface area contributed by atoms with Crippen molar-refractivity contribution >= 4 is 68.1 Å². The van der Waals surface area contributed by atoms with Gasteiger partial charge in [0.25, 0.3) is 0 Å². The first kappa shape index (κ1) is 52.1. The third-order valence-corrected chi connectivity index (χ3v) is 12.1. The van der Waals surface area contributed by atoms with E-state index < -0.39 is 106 Å². The zero-order chi connectivity index (χ0) is 49.6. The molecule has 372 valence electrons. The molecule has 0 saturated carbocycles. The Morgan fingerprint density at radius 1 is 1.06 bits per heavy atom. The van der Waals surface area contributed by atoms with Crippen LogP contribution >= 0.6 is 27.6 Å². The monoisotopic (exact) mass is 1020 g/mol. The van der Waals surface area contributed by atoms with E-state index >= 15 is 0 Å². The summed E-state index contributed by atoms with van der Waals surface area (Å²) in [5.41, 5.74) is 9.67. The lowest BCUT2D eigenvalue weighted by Crippen LogP contribution is -2.47. The maximum Gasteiger partial charge on any atom is 0.472 e. The van der Waals surface area contributed by atoms with Gasteiger partial charge in [-0.2, -0.15) is 4.98 Å². The summed E-state index contributed by atoms with van der Waals surface area (Å²) in [4.78, 5) is 99.9. The number of fused-ring (bicyclic) bond motifs is 1. The van der Waals surface area contributed by atoms with E-state index in [0.717, 1.165) is 22.8 Å². The number of nitrogen functional groups attached to an aromatic ring is 2. The van der Waals surface area contributed by atoms with Gasteiger partial charge in [-0.1, -0.05) is 0 Å². The maximum absolute atomic E-state index is 14.0. The Kier molecular flexibility index (Phi) is 16.9. The van der Waals surface area contributed by atoms with E-state index in [-0.39, 0.29) is 59.3 Å². The van der Waals surface area contributed by atoms with Crippen molar-refractivity contribution in [1.29, 1.82) is 0 Å². The summed E-state index contributed by atoms with van der Waals surface area (Å²) in [6.07, 6.45) is -6.65. The maximum atomic E-state index is 14.0. The normalized spacial score (nSPS) is 23.2. The highest BCUT2D eigenvalue weighted by atomic mass is 32.2. The van der Waals surface area contributed by atoms with Crippen molar-refractivity contribution in [2.75, 3.05) is 31.2 Å². The smallest absolute Gasteiger partial charge is 0.455 e. The Labute approximate surface area is 388 Å². The van der Waals surface area contributed by atoms with Crippen LogP contribution in [0, 0.1) is 10.1 Å². The number of aromatic nitrogens is 7. The zero-order valence-corrected chi connectivity index (χ0v) is 38.8. The minimum Gasteiger partial charge on any atom is -0.455 e. The molecule has 10 N–H and O–H groups in total. The predicted molar refractivity (Wildman–Crippen MR) is 231 cm³/mol. The molecule has 4 aromatic rings. The number of unbranched alkanes of at least 4 members (excludes halogenated alkanes) is 1. The molecule has 0 bridgehead atoms. The summed E-state index contributed by atoms with van der Waals surface area (Å²) in [6, 6.07) is 2.58. The number of anilines is 2. The first-order chi connectivity index (χ1) is 32.0. The number of esters is 1. The van der Waals surface area contributed by atoms with Crippen LogP contribution in [0.4, 0.5) is 22.1 Å². The van der Waals surface area contributed by atoms with Gasteiger partial charge in [0, 0.05) is 31.4 Å². The van der Waals surface area contributed by atoms with Gasteiger partial charge in [0.05, 0.1) is 24.5 Å². The van der Waals surface area contributed by atoms with Crippen LogP contribution in [0.2, 0.25) is 0 Å². The summed E-state index contributed by atoms with van der Waals surface area (Å²) in [6.45, 7) is 3.26. The van der Waals surface area contributed by atoms with Gasteiger partial charge in [-0.05, 0) is 64.1 Å². The van der Waals surface area contributed by atoms with Crippen molar-refractivity contribution in [1.82, 2.24) is 44.1 Å². The number of amides is 1.